The van der Waals surface area contributed by atoms with Crippen LogP contribution in [0, 0.1) is 0 Å². The summed E-state index contributed by atoms with van der Waals surface area (Å²) in [7, 11) is 0. The molecule has 100 valence electrons. The zero-order valence-corrected chi connectivity index (χ0v) is 12.0. The number of nitrogens with zero attached hydrogens (tertiary/aromatic N) is 1. The molecule has 2 atom stereocenters. The minimum absolute atomic E-state index is 0.412. The monoisotopic (exact) mass is 258 g/mol. The summed E-state index contributed by atoms with van der Waals surface area (Å²) >= 11 is 2.17. The third kappa shape index (κ3) is 4.43. The van der Waals surface area contributed by atoms with Crippen LogP contribution in [-0.2, 0) is 4.74 Å². The first-order chi connectivity index (χ1) is 8.25. The SMILES string of the molecule is CC1CN(CCSC2CCNCC2)C(C)CO1. The molecule has 1 N–H and O–H groups in total. The molecule has 2 unspecified atom stereocenters. The van der Waals surface area contributed by atoms with Crippen molar-refractivity contribution >= 4 is 11.8 Å². The second-order valence-corrected chi connectivity index (χ2v) is 6.72. The van der Waals surface area contributed by atoms with Gasteiger partial charge in [0.1, 0.15) is 0 Å². The number of hydrogen-bond donors (Lipinski definition) is 1. The van der Waals surface area contributed by atoms with Gasteiger partial charge in [-0.1, -0.05) is 0 Å². The van der Waals surface area contributed by atoms with Gasteiger partial charge in [-0.15, -0.1) is 0 Å². The van der Waals surface area contributed by atoms with E-state index in [1.807, 2.05) is 0 Å². The number of piperidine rings is 1. The molecule has 2 rings (SSSR count). The molecule has 0 radical (unpaired) electrons. The lowest BCUT2D eigenvalue weighted by Crippen LogP contribution is -2.48. The number of thioether (sulfide) groups is 1. The van der Waals surface area contributed by atoms with Gasteiger partial charge in [0, 0.05) is 30.1 Å². The van der Waals surface area contributed by atoms with Crippen LogP contribution >= 0.6 is 11.8 Å². The molecule has 2 aliphatic rings. The number of rotatable bonds is 4. The minimum Gasteiger partial charge on any atom is -0.376 e. The Bertz CT molecular complexity index is 221. The highest BCUT2D eigenvalue weighted by molar-refractivity contribution is 7.99. The highest BCUT2D eigenvalue weighted by Gasteiger charge is 2.23. The Hall–Kier alpha value is 0.230. The van der Waals surface area contributed by atoms with Gasteiger partial charge in [0.15, 0.2) is 0 Å². The molecule has 0 amide bonds. The minimum atomic E-state index is 0.412. The molecule has 0 aromatic rings. The third-order valence-electron chi connectivity index (χ3n) is 3.76. The van der Waals surface area contributed by atoms with Crippen molar-refractivity contribution in [2.75, 3.05) is 38.5 Å². The van der Waals surface area contributed by atoms with Crippen LogP contribution in [0.5, 0.6) is 0 Å². The fraction of sp³-hybridized carbons (Fsp3) is 1.00. The molecule has 0 aliphatic carbocycles. The molecule has 0 aromatic carbocycles. The molecule has 2 saturated heterocycles. The van der Waals surface area contributed by atoms with Crippen molar-refractivity contribution in [2.24, 2.45) is 0 Å². The van der Waals surface area contributed by atoms with E-state index in [-0.39, 0.29) is 0 Å². The van der Waals surface area contributed by atoms with E-state index < -0.39 is 0 Å². The third-order valence-corrected chi connectivity index (χ3v) is 5.12. The predicted octanol–water partition coefficient (Wildman–Crippen LogP) is 1.58. The van der Waals surface area contributed by atoms with Crippen molar-refractivity contribution < 1.29 is 4.74 Å². The maximum Gasteiger partial charge on any atom is 0.0674 e. The van der Waals surface area contributed by atoms with Gasteiger partial charge in [-0.25, -0.2) is 0 Å². The van der Waals surface area contributed by atoms with Crippen LogP contribution in [-0.4, -0.2) is 60.8 Å². The lowest BCUT2D eigenvalue weighted by Gasteiger charge is -2.37. The predicted molar refractivity (Wildman–Crippen MR) is 74.8 cm³/mol. The lowest BCUT2D eigenvalue weighted by atomic mass is 10.2. The Labute approximate surface area is 110 Å². The Kier molecular flexibility index (Phi) is 5.60. The summed E-state index contributed by atoms with van der Waals surface area (Å²) < 4.78 is 5.66. The van der Waals surface area contributed by atoms with Gasteiger partial charge in [-0.05, 0) is 39.8 Å². The van der Waals surface area contributed by atoms with Gasteiger partial charge in [0.2, 0.25) is 0 Å². The standard InChI is InChI=1S/C13H26N2OS/c1-11-10-16-12(2)9-15(11)7-8-17-13-3-5-14-6-4-13/h11-14H,3-10H2,1-2H3. The Morgan fingerprint density at radius 2 is 2.06 bits per heavy atom. The molecule has 4 heteroatoms. The van der Waals surface area contributed by atoms with Gasteiger partial charge in [-0.2, -0.15) is 11.8 Å². The molecule has 0 spiro atoms. The molecular formula is C13H26N2OS. The average molecular weight is 258 g/mol. The van der Waals surface area contributed by atoms with Crippen molar-refractivity contribution in [2.45, 2.75) is 44.1 Å². The van der Waals surface area contributed by atoms with Gasteiger partial charge in [0.25, 0.3) is 0 Å². The maximum absolute atomic E-state index is 5.66. The van der Waals surface area contributed by atoms with Crippen LogP contribution < -0.4 is 5.32 Å². The van der Waals surface area contributed by atoms with E-state index in [0.29, 0.717) is 12.1 Å². The summed E-state index contributed by atoms with van der Waals surface area (Å²) in [5.41, 5.74) is 0. The smallest absolute Gasteiger partial charge is 0.0674 e. The van der Waals surface area contributed by atoms with Crippen LogP contribution in [0.1, 0.15) is 26.7 Å². The Morgan fingerprint density at radius 3 is 2.82 bits per heavy atom. The van der Waals surface area contributed by atoms with Crippen LogP contribution in [0.4, 0.5) is 0 Å². The largest absolute Gasteiger partial charge is 0.376 e. The summed E-state index contributed by atoms with van der Waals surface area (Å²) in [6, 6.07) is 0.597. The number of nitrogens with one attached hydrogen (secondary N) is 1. The molecule has 3 nitrogen and oxygen atoms in total. The van der Waals surface area contributed by atoms with Crippen LogP contribution in [0.15, 0.2) is 0 Å². The molecule has 0 saturated carbocycles. The Morgan fingerprint density at radius 1 is 1.29 bits per heavy atom. The van der Waals surface area contributed by atoms with E-state index in [1.54, 1.807) is 0 Å². The zero-order valence-electron chi connectivity index (χ0n) is 11.2. The topological polar surface area (TPSA) is 24.5 Å². The highest BCUT2D eigenvalue weighted by atomic mass is 32.2. The molecule has 2 fully saturated rings. The van der Waals surface area contributed by atoms with Gasteiger partial charge < -0.3 is 10.1 Å². The molecular weight excluding hydrogens is 232 g/mol. The molecule has 2 heterocycles. The second-order valence-electron chi connectivity index (χ2n) is 5.31. The van der Waals surface area contributed by atoms with Crippen molar-refractivity contribution in [3.05, 3.63) is 0 Å². The maximum atomic E-state index is 5.66. The second kappa shape index (κ2) is 6.98. The van der Waals surface area contributed by atoms with Gasteiger partial charge >= 0.3 is 0 Å². The first-order valence-corrected chi connectivity index (χ1v) is 7.98. The first-order valence-electron chi connectivity index (χ1n) is 6.93. The van der Waals surface area contributed by atoms with E-state index in [9.17, 15) is 0 Å². The summed E-state index contributed by atoms with van der Waals surface area (Å²) in [6.45, 7) is 10.1. The van der Waals surface area contributed by atoms with Crippen molar-refractivity contribution in [1.29, 1.82) is 0 Å². The Balaban J connectivity index is 1.63. The van der Waals surface area contributed by atoms with Crippen LogP contribution in [0.25, 0.3) is 0 Å². The normalized spacial score (nSPS) is 32.8. The zero-order chi connectivity index (χ0) is 12.1. The first kappa shape index (κ1) is 13.7. The van der Waals surface area contributed by atoms with Crippen LogP contribution in [0.3, 0.4) is 0 Å². The van der Waals surface area contributed by atoms with E-state index in [2.05, 4.69) is 35.8 Å². The fourth-order valence-corrected chi connectivity index (χ4v) is 3.82. The molecule has 0 bridgehead atoms. The summed E-state index contributed by atoms with van der Waals surface area (Å²) in [4.78, 5) is 2.59. The number of hydrogen-bond acceptors (Lipinski definition) is 4. The van der Waals surface area contributed by atoms with E-state index >= 15 is 0 Å². The summed E-state index contributed by atoms with van der Waals surface area (Å²) in [5, 5.41) is 4.32. The van der Waals surface area contributed by atoms with Gasteiger partial charge in [-0.3, -0.25) is 4.90 Å². The van der Waals surface area contributed by atoms with Crippen molar-refractivity contribution in [3.63, 3.8) is 0 Å². The highest BCUT2D eigenvalue weighted by Crippen LogP contribution is 2.21. The fourth-order valence-electron chi connectivity index (χ4n) is 2.58. The number of ether oxygens (including phenoxy) is 1. The molecule has 2 aliphatic heterocycles. The lowest BCUT2D eigenvalue weighted by molar-refractivity contribution is -0.0467. The summed E-state index contributed by atoms with van der Waals surface area (Å²) in [5.74, 6) is 1.28. The number of morpholine rings is 1. The quantitative estimate of drug-likeness (QED) is 0.827. The van der Waals surface area contributed by atoms with E-state index in [0.717, 1.165) is 18.4 Å². The average Bonchev–Trinajstić information content (AvgIpc) is 2.35. The molecule has 0 aromatic heterocycles. The van der Waals surface area contributed by atoms with Gasteiger partial charge in [0.05, 0.1) is 12.7 Å². The van der Waals surface area contributed by atoms with Crippen molar-refractivity contribution in [3.8, 4) is 0 Å². The van der Waals surface area contributed by atoms with Crippen molar-refractivity contribution in [1.82, 2.24) is 10.2 Å². The van der Waals surface area contributed by atoms with E-state index in [1.165, 1.54) is 38.2 Å². The van der Waals surface area contributed by atoms with Crippen LogP contribution in [0.2, 0.25) is 0 Å². The van der Waals surface area contributed by atoms with E-state index in [4.69, 9.17) is 4.74 Å². The summed E-state index contributed by atoms with van der Waals surface area (Å²) in [6.07, 6.45) is 3.11. The molecule has 17 heavy (non-hydrogen) atoms.